The molecule has 0 aliphatic carbocycles. The maximum Gasteiger partial charge on any atom is 0.293 e. The number of hydrogen-bond donors (Lipinski definition) is 3. The zero-order valence-corrected chi connectivity index (χ0v) is 9.54. The quantitative estimate of drug-likeness (QED) is 0.642. The lowest BCUT2D eigenvalue weighted by atomic mass is 10.5. The van der Waals surface area contributed by atoms with Crippen molar-refractivity contribution in [2.45, 2.75) is 6.54 Å². The molecule has 0 aromatic carbocycles. The van der Waals surface area contributed by atoms with Gasteiger partial charge in [0.05, 0.1) is 11.9 Å². The normalized spacial score (nSPS) is 10.1. The summed E-state index contributed by atoms with van der Waals surface area (Å²) in [5.74, 6) is -0.493. The van der Waals surface area contributed by atoms with E-state index in [1.54, 1.807) is 13.2 Å². The Morgan fingerprint density at radius 1 is 1.50 bits per heavy atom. The van der Waals surface area contributed by atoms with Gasteiger partial charge in [-0.15, -0.1) is 0 Å². The van der Waals surface area contributed by atoms with E-state index in [9.17, 15) is 9.59 Å². The van der Waals surface area contributed by atoms with Gasteiger partial charge in [-0.2, -0.15) is 10.2 Å². The van der Waals surface area contributed by atoms with E-state index < -0.39 is 5.91 Å². The summed E-state index contributed by atoms with van der Waals surface area (Å²) in [6.07, 6.45) is 4.23. The first-order chi connectivity index (χ1) is 8.69. The van der Waals surface area contributed by atoms with E-state index in [4.69, 9.17) is 0 Å². The Kier molecular flexibility index (Phi) is 3.32. The summed E-state index contributed by atoms with van der Waals surface area (Å²) in [7, 11) is 1.54. The lowest BCUT2D eigenvalue weighted by Gasteiger charge is -1.99. The number of anilines is 1. The minimum atomic E-state index is -0.424. The molecule has 0 unspecified atom stereocenters. The first kappa shape index (κ1) is 11.8. The van der Waals surface area contributed by atoms with Crippen molar-refractivity contribution in [2.75, 3.05) is 12.4 Å². The van der Waals surface area contributed by atoms with Crippen LogP contribution in [0.15, 0.2) is 18.7 Å². The van der Waals surface area contributed by atoms with Gasteiger partial charge < -0.3 is 10.6 Å². The first-order valence-corrected chi connectivity index (χ1v) is 5.09. The van der Waals surface area contributed by atoms with Crippen LogP contribution in [0.25, 0.3) is 0 Å². The molecule has 0 saturated heterocycles. The second kappa shape index (κ2) is 5.08. The van der Waals surface area contributed by atoms with Gasteiger partial charge in [0.25, 0.3) is 5.91 Å². The molecule has 2 rings (SSSR count). The van der Waals surface area contributed by atoms with Crippen LogP contribution < -0.4 is 10.6 Å². The van der Waals surface area contributed by atoms with Gasteiger partial charge in [0, 0.05) is 13.2 Å². The molecule has 9 nitrogen and oxygen atoms in total. The van der Waals surface area contributed by atoms with Crippen LogP contribution in [0.3, 0.4) is 0 Å². The number of carbonyl (C=O) groups excluding carboxylic acids is 2. The van der Waals surface area contributed by atoms with E-state index in [1.165, 1.54) is 17.2 Å². The highest BCUT2D eigenvalue weighted by Crippen LogP contribution is 2.05. The van der Waals surface area contributed by atoms with Crippen molar-refractivity contribution in [3.05, 3.63) is 24.5 Å². The van der Waals surface area contributed by atoms with Crippen LogP contribution in [0, 0.1) is 0 Å². The fourth-order valence-corrected chi connectivity index (χ4v) is 1.25. The smallest absolute Gasteiger partial charge is 0.293 e. The molecular formula is C9H11N7O2. The number of rotatable bonds is 4. The van der Waals surface area contributed by atoms with Crippen molar-refractivity contribution in [1.29, 1.82) is 0 Å². The second-order valence-corrected chi connectivity index (χ2v) is 3.39. The van der Waals surface area contributed by atoms with Gasteiger partial charge in [-0.3, -0.25) is 19.4 Å². The molecule has 0 aliphatic rings. The molecule has 2 amide bonds. The zero-order valence-electron chi connectivity index (χ0n) is 9.54. The maximum absolute atomic E-state index is 11.6. The van der Waals surface area contributed by atoms with Crippen LogP contribution >= 0.6 is 0 Å². The number of likely N-dealkylation sites (N-methyl/N-ethyl adjacent to an activating group) is 1. The minimum Gasteiger partial charge on any atom is -0.358 e. The number of amides is 2. The topological polar surface area (TPSA) is 118 Å². The van der Waals surface area contributed by atoms with E-state index in [2.05, 4.69) is 30.9 Å². The van der Waals surface area contributed by atoms with Gasteiger partial charge in [0.15, 0.2) is 0 Å². The SMILES string of the molecule is CNC(=O)Cn1cc(NC(=O)c2ncn[nH]2)cn1. The van der Waals surface area contributed by atoms with Crippen molar-refractivity contribution >= 4 is 17.5 Å². The molecule has 0 radical (unpaired) electrons. The first-order valence-electron chi connectivity index (χ1n) is 5.09. The monoisotopic (exact) mass is 249 g/mol. The molecule has 2 aromatic rings. The van der Waals surface area contributed by atoms with Gasteiger partial charge in [-0.05, 0) is 0 Å². The molecule has 0 bridgehead atoms. The van der Waals surface area contributed by atoms with E-state index in [0.29, 0.717) is 5.69 Å². The predicted octanol–water partition coefficient (Wildman–Crippen LogP) is -1.00. The Bertz CT molecular complexity index is 545. The van der Waals surface area contributed by atoms with E-state index in [-0.39, 0.29) is 18.3 Å². The Morgan fingerprint density at radius 2 is 2.33 bits per heavy atom. The number of nitrogens with zero attached hydrogens (tertiary/aromatic N) is 4. The fraction of sp³-hybridized carbons (Fsp3) is 0.222. The molecule has 2 aromatic heterocycles. The van der Waals surface area contributed by atoms with Gasteiger partial charge in [-0.25, -0.2) is 4.98 Å². The van der Waals surface area contributed by atoms with E-state index in [1.807, 2.05) is 0 Å². The van der Waals surface area contributed by atoms with Gasteiger partial charge in [0.2, 0.25) is 11.7 Å². The molecule has 18 heavy (non-hydrogen) atoms. The average molecular weight is 249 g/mol. The van der Waals surface area contributed by atoms with Crippen LogP contribution in [0.2, 0.25) is 0 Å². The molecule has 0 fully saturated rings. The number of aromatic nitrogens is 5. The van der Waals surface area contributed by atoms with Gasteiger partial charge in [0.1, 0.15) is 12.9 Å². The molecule has 2 heterocycles. The predicted molar refractivity (Wildman–Crippen MR) is 60.6 cm³/mol. The van der Waals surface area contributed by atoms with Crippen LogP contribution in [0.4, 0.5) is 5.69 Å². The van der Waals surface area contributed by atoms with Gasteiger partial charge in [-0.1, -0.05) is 0 Å². The van der Waals surface area contributed by atoms with Crippen LogP contribution in [-0.4, -0.2) is 43.8 Å². The summed E-state index contributed by atoms with van der Waals surface area (Å²) in [5, 5.41) is 15.0. The van der Waals surface area contributed by atoms with Crippen LogP contribution in [0.5, 0.6) is 0 Å². The summed E-state index contributed by atoms with van der Waals surface area (Å²) in [6.45, 7) is 0.0919. The van der Waals surface area contributed by atoms with Crippen molar-refractivity contribution in [3.8, 4) is 0 Å². The Morgan fingerprint density at radius 3 is 3.00 bits per heavy atom. The molecule has 94 valence electrons. The number of hydrogen-bond acceptors (Lipinski definition) is 5. The molecule has 0 atom stereocenters. The lowest BCUT2D eigenvalue weighted by molar-refractivity contribution is -0.121. The molecule has 0 saturated carbocycles. The van der Waals surface area contributed by atoms with Crippen molar-refractivity contribution in [1.82, 2.24) is 30.3 Å². The Balaban J connectivity index is 1.98. The summed E-state index contributed by atoms with van der Waals surface area (Å²) in [5.41, 5.74) is 0.473. The third-order valence-electron chi connectivity index (χ3n) is 2.11. The van der Waals surface area contributed by atoms with Crippen LogP contribution in [0.1, 0.15) is 10.6 Å². The fourth-order valence-electron chi connectivity index (χ4n) is 1.25. The third kappa shape index (κ3) is 2.70. The van der Waals surface area contributed by atoms with Crippen molar-refractivity contribution < 1.29 is 9.59 Å². The summed E-state index contributed by atoms with van der Waals surface area (Å²) >= 11 is 0. The van der Waals surface area contributed by atoms with E-state index >= 15 is 0 Å². The number of aromatic amines is 1. The van der Waals surface area contributed by atoms with Crippen molar-refractivity contribution in [3.63, 3.8) is 0 Å². The average Bonchev–Trinajstić information content (AvgIpc) is 3.00. The molecule has 0 spiro atoms. The molecule has 9 heteroatoms. The maximum atomic E-state index is 11.6. The zero-order chi connectivity index (χ0) is 13.0. The largest absolute Gasteiger partial charge is 0.358 e. The Labute approximate surface area is 102 Å². The Hall–Kier alpha value is -2.71. The summed E-state index contributed by atoms with van der Waals surface area (Å²) in [4.78, 5) is 26.4. The summed E-state index contributed by atoms with van der Waals surface area (Å²) < 4.78 is 1.41. The molecule has 3 N–H and O–H groups in total. The van der Waals surface area contributed by atoms with E-state index in [0.717, 1.165) is 0 Å². The third-order valence-corrected chi connectivity index (χ3v) is 2.11. The van der Waals surface area contributed by atoms with Gasteiger partial charge >= 0.3 is 0 Å². The van der Waals surface area contributed by atoms with Crippen molar-refractivity contribution in [2.24, 2.45) is 0 Å². The molecular weight excluding hydrogens is 238 g/mol. The minimum absolute atomic E-state index is 0.0919. The highest BCUT2D eigenvalue weighted by Gasteiger charge is 2.10. The molecule has 0 aliphatic heterocycles. The number of H-pyrrole nitrogens is 1. The lowest BCUT2D eigenvalue weighted by Crippen LogP contribution is -2.23. The number of nitrogens with one attached hydrogen (secondary N) is 3. The summed E-state index contributed by atoms with van der Waals surface area (Å²) in [6, 6.07) is 0. The van der Waals surface area contributed by atoms with Crippen LogP contribution in [-0.2, 0) is 11.3 Å². The number of carbonyl (C=O) groups is 2. The highest BCUT2D eigenvalue weighted by atomic mass is 16.2. The standard InChI is InChI=1S/C9H11N7O2/c1-10-7(17)4-16-3-6(2-13-16)14-9(18)8-11-5-12-15-8/h2-3,5H,4H2,1H3,(H,10,17)(H,14,18)(H,11,12,15). The highest BCUT2D eigenvalue weighted by molar-refractivity contribution is 6.01. The second-order valence-electron chi connectivity index (χ2n) is 3.39.